The molecular weight excluding hydrogens is 314 g/mol. The molecule has 0 radical (unpaired) electrons. The summed E-state index contributed by atoms with van der Waals surface area (Å²) in [5.41, 5.74) is 0. The van der Waals surface area contributed by atoms with Gasteiger partial charge in [0.05, 0.1) is 0 Å². The molecule has 0 aromatic heterocycles. The van der Waals surface area contributed by atoms with Crippen molar-refractivity contribution in [3.05, 3.63) is 0 Å². The van der Waals surface area contributed by atoms with Crippen molar-refractivity contribution in [3.63, 3.8) is 0 Å². The molecule has 0 spiro atoms. The van der Waals surface area contributed by atoms with Crippen LogP contribution in [0, 0.1) is 0 Å². The van der Waals surface area contributed by atoms with Crippen LogP contribution < -0.4 is 16.0 Å². The van der Waals surface area contributed by atoms with Crippen LogP contribution in [0.1, 0.15) is 66.2 Å². The van der Waals surface area contributed by atoms with Gasteiger partial charge in [0.2, 0.25) is 5.91 Å². The molecule has 1 rings (SSSR count). The maximum absolute atomic E-state index is 11.9. The summed E-state index contributed by atoms with van der Waals surface area (Å²) in [5, 5.41) is 9.67. The lowest BCUT2D eigenvalue weighted by Crippen LogP contribution is -2.42. The number of amides is 1. The molecule has 0 unspecified atom stereocenters. The molecule has 0 aliphatic heterocycles. The van der Waals surface area contributed by atoms with Crippen LogP contribution in [0.4, 0.5) is 0 Å². The Bertz CT molecular complexity index is 395. The van der Waals surface area contributed by atoms with Gasteiger partial charge >= 0.3 is 0 Å². The number of nitrogens with zero attached hydrogens (tertiary/aromatic N) is 2. The molecule has 1 amide bonds. The second kappa shape index (κ2) is 12.1. The quantitative estimate of drug-likeness (QED) is 0.320. The van der Waals surface area contributed by atoms with E-state index >= 15 is 0 Å². The Labute approximate surface area is 154 Å². The Balaban J connectivity index is 2.14. The fourth-order valence-corrected chi connectivity index (χ4v) is 3.47. The van der Waals surface area contributed by atoms with E-state index in [9.17, 15) is 4.79 Å². The highest BCUT2D eigenvalue weighted by Gasteiger charge is 2.16. The van der Waals surface area contributed by atoms with Crippen molar-refractivity contribution < 1.29 is 4.79 Å². The zero-order chi connectivity index (χ0) is 18.7. The van der Waals surface area contributed by atoms with Gasteiger partial charge in [0.15, 0.2) is 5.96 Å². The molecule has 1 fully saturated rings. The molecule has 0 atom stereocenters. The fraction of sp³-hybridized carbons (Fsp3) is 0.895. The third kappa shape index (κ3) is 9.10. The Hall–Kier alpha value is -1.30. The van der Waals surface area contributed by atoms with E-state index in [4.69, 9.17) is 0 Å². The van der Waals surface area contributed by atoms with Crippen molar-refractivity contribution in [2.45, 2.75) is 84.3 Å². The van der Waals surface area contributed by atoms with Gasteiger partial charge in [0.25, 0.3) is 0 Å². The highest BCUT2D eigenvalue weighted by molar-refractivity contribution is 5.81. The molecule has 0 heterocycles. The minimum absolute atomic E-state index is 0.138. The summed E-state index contributed by atoms with van der Waals surface area (Å²) in [6, 6.07) is 1.53. The largest absolute Gasteiger partial charge is 0.356 e. The van der Waals surface area contributed by atoms with Gasteiger partial charge in [-0.2, -0.15) is 0 Å². The predicted octanol–water partition coefficient (Wildman–Crippen LogP) is 2.11. The van der Waals surface area contributed by atoms with Crippen LogP contribution in [0.25, 0.3) is 0 Å². The second-order valence-electron chi connectivity index (χ2n) is 7.50. The van der Waals surface area contributed by atoms with Gasteiger partial charge < -0.3 is 16.0 Å². The Morgan fingerprint density at radius 2 is 1.68 bits per heavy atom. The van der Waals surface area contributed by atoms with Crippen molar-refractivity contribution >= 4 is 11.9 Å². The van der Waals surface area contributed by atoms with Gasteiger partial charge in [-0.15, -0.1) is 0 Å². The van der Waals surface area contributed by atoms with Gasteiger partial charge in [-0.25, -0.2) is 0 Å². The molecule has 0 aromatic rings. The van der Waals surface area contributed by atoms with Crippen molar-refractivity contribution in [1.29, 1.82) is 0 Å². The third-order valence-electron chi connectivity index (χ3n) is 4.80. The van der Waals surface area contributed by atoms with Crippen LogP contribution in [0.2, 0.25) is 0 Å². The van der Waals surface area contributed by atoms with Crippen molar-refractivity contribution in [2.24, 2.45) is 4.99 Å². The van der Waals surface area contributed by atoms with E-state index in [1.54, 1.807) is 7.05 Å². The summed E-state index contributed by atoms with van der Waals surface area (Å²) in [6.07, 6.45) is 6.30. The number of nitrogens with one attached hydrogen (secondary N) is 3. The first-order valence-corrected chi connectivity index (χ1v) is 9.93. The highest BCUT2D eigenvalue weighted by atomic mass is 16.1. The number of carbonyl (C=O) groups is 1. The van der Waals surface area contributed by atoms with E-state index < -0.39 is 0 Å². The number of hydrogen-bond acceptors (Lipinski definition) is 3. The molecule has 0 aromatic carbocycles. The number of hydrogen-bond donors (Lipinski definition) is 3. The van der Waals surface area contributed by atoms with E-state index in [-0.39, 0.29) is 5.91 Å². The first-order chi connectivity index (χ1) is 11.9. The zero-order valence-corrected chi connectivity index (χ0v) is 16.9. The number of rotatable bonds is 10. The second-order valence-corrected chi connectivity index (χ2v) is 7.50. The van der Waals surface area contributed by atoms with E-state index in [2.05, 4.69) is 53.5 Å². The SMILES string of the molecule is CN=C(NCCCN(C(C)C)C(C)C)NCCC(=O)NC1CCCC1. The van der Waals surface area contributed by atoms with Gasteiger partial charge in [0, 0.05) is 51.2 Å². The van der Waals surface area contributed by atoms with E-state index in [1.165, 1.54) is 12.8 Å². The third-order valence-corrected chi connectivity index (χ3v) is 4.80. The molecule has 25 heavy (non-hydrogen) atoms. The normalized spacial score (nSPS) is 16.1. The highest BCUT2D eigenvalue weighted by Crippen LogP contribution is 2.17. The molecule has 3 N–H and O–H groups in total. The molecule has 1 aliphatic carbocycles. The van der Waals surface area contributed by atoms with Crippen LogP contribution in [-0.2, 0) is 4.79 Å². The first-order valence-electron chi connectivity index (χ1n) is 9.93. The molecule has 0 saturated heterocycles. The summed E-state index contributed by atoms with van der Waals surface area (Å²) in [4.78, 5) is 18.6. The fourth-order valence-electron chi connectivity index (χ4n) is 3.47. The van der Waals surface area contributed by atoms with Crippen molar-refractivity contribution in [2.75, 3.05) is 26.7 Å². The van der Waals surface area contributed by atoms with Crippen molar-refractivity contribution in [3.8, 4) is 0 Å². The van der Waals surface area contributed by atoms with Crippen LogP contribution in [0.15, 0.2) is 4.99 Å². The lowest BCUT2D eigenvalue weighted by Gasteiger charge is -2.30. The molecule has 6 nitrogen and oxygen atoms in total. The zero-order valence-electron chi connectivity index (χ0n) is 16.9. The number of guanidine groups is 1. The van der Waals surface area contributed by atoms with Crippen LogP contribution in [0.3, 0.4) is 0 Å². The maximum atomic E-state index is 11.9. The van der Waals surface area contributed by atoms with E-state index in [0.29, 0.717) is 31.1 Å². The molecule has 146 valence electrons. The van der Waals surface area contributed by atoms with Gasteiger partial charge in [-0.3, -0.25) is 14.7 Å². The van der Waals surface area contributed by atoms with E-state index in [0.717, 1.165) is 38.3 Å². The lowest BCUT2D eigenvalue weighted by atomic mass is 10.2. The maximum Gasteiger partial charge on any atom is 0.221 e. The minimum Gasteiger partial charge on any atom is -0.356 e. The molecular formula is C19H39N5O. The lowest BCUT2D eigenvalue weighted by molar-refractivity contribution is -0.121. The average Bonchev–Trinajstić information content (AvgIpc) is 3.04. The van der Waals surface area contributed by atoms with Crippen molar-refractivity contribution in [1.82, 2.24) is 20.9 Å². The standard InChI is InChI=1S/C19H39N5O/c1-15(2)24(16(3)4)14-8-12-21-19(20-5)22-13-11-18(25)23-17-9-6-7-10-17/h15-17H,6-14H2,1-5H3,(H,23,25)(H2,20,21,22). The van der Waals surface area contributed by atoms with Gasteiger partial charge in [-0.05, 0) is 47.0 Å². The Morgan fingerprint density at radius 3 is 2.24 bits per heavy atom. The molecule has 1 saturated carbocycles. The predicted molar refractivity (Wildman–Crippen MR) is 106 cm³/mol. The summed E-state index contributed by atoms with van der Waals surface area (Å²) in [7, 11) is 1.77. The monoisotopic (exact) mass is 353 g/mol. The Morgan fingerprint density at radius 1 is 1.08 bits per heavy atom. The Kier molecular flexibility index (Phi) is 10.5. The van der Waals surface area contributed by atoms with Crippen LogP contribution in [0.5, 0.6) is 0 Å². The number of carbonyl (C=O) groups excluding carboxylic acids is 1. The smallest absolute Gasteiger partial charge is 0.221 e. The molecule has 1 aliphatic rings. The molecule has 6 heteroatoms. The van der Waals surface area contributed by atoms with E-state index in [1.807, 2.05) is 0 Å². The van der Waals surface area contributed by atoms with Gasteiger partial charge in [-0.1, -0.05) is 12.8 Å². The topological polar surface area (TPSA) is 68.8 Å². The van der Waals surface area contributed by atoms with Crippen LogP contribution >= 0.6 is 0 Å². The molecule has 0 bridgehead atoms. The minimum atomic E-state index is 0.138. The summed E-state index contributed by atoms with van der Waals surface area (Å²) in [6.45, 7) is 11.5. The summed E-state index contributed by atoms with van der Waals surface area (Å²) < 4.78 is 0. The first kappa shape index (κ1) is 21.7. The van der Waals surface area contributed by atoms with Crippen LogP contribution in [-0.4, -0.2) is 61.6 Å². The average molecular weight is 354 g/mol. The summed E-state index contributed by atoms with van der Waals surface area (Å²) in [5.74, 6) is 0.911. The number of aliphatic imine (C=N–C) groups is 1. The van der Waals surface area contributed by atoms with Gasteiger partial charge in [0.1, 0.15) is 0 Å². The summed E-state index contributed by atoms with van der Waals surface area (Å²) >= 11 is 0.